The molecule has 0 saturated heterocycles. The van der Waals surface area contributed by atoms with Crippen molar-refractivity contribution in [1.82, 2.24) is 4.98 Å². The summed E-state index contributed by atoms with van der Waals surface area (Å²) in [6, 6.07) is 12.5. The summed E-state index contributed by atoms with van der Waals surface area (Å²) in [5.74, 6) is 1.10. The van der Waals surface area contributed by atoms with Crippen LogP contribution in [-0.4, -0.2) is 13.4 Å². The van der Waals surface area contributed by atoms with Gasteiger partial charge in [0, 0.05) is 0 Å². The molecule has 1 aliphatic carbocycles. The molecule has 140 valence electrons. The van der Waals surface area contributed by atoms with Gasteiger partial charge in [0.2, 0.25) is 0 Å². The molecular weight excluding hydrogens is 362 g/mol. The van der Waals surface area contributed by atoms with Gasteiger partial charge in [-0.25, -0.2) is 13.4 Å². The Kier molecular flexibility index (Phi) is 4.85. The fourth-order valence-corrected chi connectivity index (χ4v) is 4.29. The van der Waals surface area contributed by atoms with E-state index < -0.39 is 10.0 Å². The third-order valence-electron chi connectivity index (χ3n) is 4.68. The lowest BCUT2D eigenvalue weighted by Crippen LogP contribution is -2.15. The molecule has 0 unspecified atom stereocenters. The fraction of sp³-hybridized carbons (Fsp3) is 0.250. The minimum absolute atomic E-state index is 0.282. The van der Waals surface area contributed by atoms with Crippen molar-refractivity contribution in [3.05, 3.63) is 71.8 Å². The van der Waals surface area contributed by atoms with Crippen LogP contribution < -0.4 is 10.0 Å². The molecule has 0 bridgehead atoms. The highest BCUT2D eigenvalue weighted by Crippen LogP contribution is 2.25. The zero-order chi connectivity index (χ0) is 18.7. The number of benzene rings is 1. The minimum Gasteiger partial charge on any atom is -0.467 e. The molecular formula is C20H21N3O3S. The van der Waals surface area contributed by atoms with Gasteiger partial charge in [-0.3, -0.25) is 4.72 Å². The van der Waals surface area contributed by atoms with E-state index in [1.165, 1.54) is 12.0 Å². The van der Waals surface area contributed by atoms with Gasteiger partial charge >= 0.3 is 0 Å². The third-order valence-corrected chi connectivity index (χ3v) is 6.03. The first-order chi connectivity index (χ1) is 13.1. The average Bonchev–Trinajstić information content (AvgIpc) is 3.20. The zero-order valence-electron chi connectivity index (χ0n) is 14.8. The number of furan rings is 1. The van der Waals surface area contributed by atoms with Gasteiger partial charge in [-0.2, -0.15) is 0 Å². The molecule has 0 atom stereocenters. The van der Waals surface area contributed by atoms with Crippen LogP contribution in [0.5, 0.6) is 0 Å². The largest absolute Gasteiger partial charge is 0.467 e. The van der Waals surface area contributed by atoms with Crippen molar-refractivity contribution in [2.75, 3.05) is 10.0 Å². The fourth-order valence-electron chi connectivity index (χ4n) is 3.23. The standard InChI is InChI=1S/C20H21N3O3S/c24-27(25,19-9-7-15-4-1-2-5-16(15)12-19)23-20-10-8-17(13-22-20)21-14-18-6-3-11-26-18/h3,6-13,21H,1-2,4-5,14H2,(H,22,23). The van der Waals surface area contributed by atoms with Crippen molar-refractivity contribution in [1.29, 1.82) is 0 Å². The molecule has 0 spiro atoms. The van der Waals surface area contributed by atoms with Crippen molar-refractivity contribution in [3.8, 4) is 0 Å². The first-order valence-corrected chi connectivity index (χ1v) is 10.5. The van der Waals surface area contributed by atoms with E-state index in [4.69, 9.17) is 4.42 Å². The molecule has 2 aromatic heterocycles. The number of hydrogen-bond donors (Lipinski definition) is 2. The van der Waals surface area contributed by atoms with Crippen molar-refractivity contribution < 1.29 is 12.8 Å². The quantitative estimate of drug-likeness (QED) is 0.673. The SMILES string of the molecule is O=S(=O)(Nc1ccc(NCc2ccco2)cn1)c1ccc2c(c1)CCCC2. The predicted molar refractivity (Wildman–Crippen MR) is 104 cm³/mol. The van der Waals surface area contributed by atoms with Gasteiger partial charge < -0.3 is 9.73 Å². The van der Waals surface area contributed by atoms with Crippen LogP contribution in [0.1, 0.15) is 29.7 Å². The van der Waals surface area contributed by atoms with Crippen LogP contribution in [0.15, 0.2) is 64.2 Å². The monoisotopic (exact) mass is 383 g/mol. The van der Waals surface area contributed by atoms with Gasteiger partial charge in [0.05, 0.1) is 29.6 Å². The number of hydrogen-bond acceptors (Lipinski definition) is 5. The second kappa shape index (κ2) is 7.44. The lowest BCUT2D eigenvalue weighted by atomic mass is 9.92. The van der Waals surface area contributed by atoms with Gasteiger partial charge in [-0.05, 0) is 73.2 Å². The number of sulfonamides is 1. The maximum absolute atomic E-state index is 12.7. The minimum atomic E-state index is -3.66. The number of nitrogens with zero attached hydrogens (tertiary/aromatic N) is 1. The summed E-state index contributed by atoms with van der Waals surface area (Å²) >= 11 is 0. The molecule has 2 heterocycles. The van der Waals surface area contributed by atoms with Crippen molar-refractivity contribution >= 4 is 21.5 Å². The van der Waals surface area contributed by atoms with Crippen LogP contribution >= 0.6 is 0 Å². The Morgan fingerprint density at radius 1 is 1.04 bits per heavy atom. The number of pyridine rings is 1. The Morgan fingerprint density at radius 2 is 1.89 bits per heavy atom. The molecule has 6 nitrogen and oxygen atoms in total. The summed E-state index contributed by atoms with van der Waals surface area (Å²) in [6.45, 7) is 0.537. The maximum Gasteiger partial charge on any atom is 0.263 e. The molecule has 0 radical (unpaired) electrons. The smallest absolute Gasteiger partial charge is 0.263 e. The molecule has 0 fully saturated rings. The Bertz CT molecular complexity index is 1010. The van der Waals surface area contributed by atoms with Crippen molar-refractivity contribution in [2.24, 2.45) is 0 Å². The maximum atomic E-state index is 12.7. The molecule has 4 rings (SSSR count). The molecule has 0 aliphatic heterocycles. The number of aromatic nitrogens is 1. The average molecular weight is 383 g/mol. The molecule has 27 heavy (non-hydrogen) atoms. The molecule has 2 N–H and O–H groups in total. The molecule has 0 saturated carbocycles. The summed E-state index contributed by atoms with van der Waals surface area (Å²) in [5, 5.41) is 3.17. The highest BCUT2D eigenvalue weighted by molar-refractivity contribution is 7.92. The summed E-state index contributed by atoms with van der Waals surface area (Å²) in [7, 11) is -3.66. The Morgan fingerprint density at radius 3 is 2.63 bits per heavy atom. The number of rotatable bonds is 6. The highest BCUT2D eigenvalue weighted by Gasteiger charge is 2.18. The van der Waals surface area contributed by atoms with Crippen LogP contribution in [0.4, 0.5) is 11.5 Å². The van der Waals surface area contributed by atoms with E-state index in [1.807, 2.05) is 18.2 Å². The molecule has 3 aromatic rings. The second-order valence-electron chi connectivity index (χ2n) is 6.61. The van der Waals surface area contributed by atoms with Crippen LogP contribution in [0.2, 0.25) is 0 Å². The van der Waals surface area contributed by atoms with E-state index in [9.17, 15) is 8.42 Å². The van der Waals surface area contributed by atoms with Crippen LogP contribution in [0.25, 0.3) is 0 Å². The number of anilines is 2. The van der Waals surface area contributed by atoms with E-state index in [1.54, 1.807) is 36.7 Å². The van der Waals surface area contributed by atoms with E-state index in [-0.39, 0.29) is 10.7 Å². The van der Waals surface area contributed by atoms with Gasteiger partial charge in [-0.1, -0.05) is 6.07 Å². The Hall–Kier alpha value is -2.80. The van der Waals surface area contributed by atoms with Gasteiger partial charge in [0.1, 0.15) is 11.6 Å². The normalized spacial score (nSPS) is 13.8. The molecule has 7 heteroatoms. The second-order valence-corrected chi connectivity index (χ2v) is 8.29. The van der Waals surface area contributed by atoms with Crippen LogP contribution in [0.3, 0.4) is 0 Å². The lowest BCUT2D eigenvalue weighted by molar-refractivity contribution is 0.518. The summed E-state index contributed by atoms with van der Waals surface area (Å²) < 4.78 is 33.2. The van der Waals surface area contributed by atoms with E-state index >= 15 is 0 Å². The topological polar surface area (TPSA) is 84.2 Å². The number of nitrogens with one attached hydrogen (secondary N) is 2. The lowest BCUT2D eigenvalue weighted by Gasteiger charge is -2.17. The van der Waals surface area contributed by atoms with E-state index in [0.29, 0.717) is 6.54 Å². The van der Waals surface area contributed by atoms with Crippen LogP contribution in [-0.2, 0) is 29.4 Å². The van der Waals surface area contributed by atoms with Gasteiger partial charge in [0.15, 0.2) is 0 Å². The predicted octanol–water partition coefficient (Wildman–Crippen LogP) is 3.97. The van der Waals surface area contributed by atoms with E-state index in [0.717, 1.165) is 36.3 Å². The summed E-state index contributed by atoms with van der Waals surface area (Å²) in [4.78, 5) is 4.48. The number of aryl methyl sites for hydroxylation is 2. The zero-order valence-corrected chi connectivity index (χ0v) is 15.6. The Labute approximate surface area is 158 Å². The Balaban J connectivity index is 1.44. The van der Waals surface area contributed by atoms with Gasteiger partial charge in [-0.15, -0.1) is 0 Å². The highest BCUT2D eigenvalue weighted by atomic mass is 32.2. The summed E-state index contributed by atoms with van der Waals surface area (Å²) in [6.07, 6.45) is 7.45. The molecule has 0 amide bonds. The van der Waals surface area contributed by atoms with E-state index in [2.05, 4.69) is 15.0 Å². The first-order valence-electron chi connectivity index (χ1n) is 8.97. The van der Waals surface area contributed by atoms with Crippen molar-refractivity contribution in [3.63, 3.8) is 0 Å². The molecule has 1 aliphatic rings. The summed E-state index contributed by atoms with van der Waals surface area (Å²) in [5.41, 5.74) is 3.17. The third kappa shape index (κ3) is 4.14. The van der Waals surface area contributed by atoms with Crippen LogP contribution in [0, 0.1) is 0 Å². The first kappa shape index (κ1) is 17.6. The van der Waals surface area contributed by atoms with Gasteiger partial charge in [0.25, 0.3) is 10.0 Å². The number of fused-ring (bicyclic) bond motifs is 1. The van der Waals surface area contributed by atoms with Crippen molar-refractivity contribution in [2.45, 2.75) is 37.1 Å². The molecule has 1 aromatic carbocycles.